The smallest absolute Gasteiger partial charge is 0.324 e. The Kier molecular flexibility index (Phi) is 11.6. The first-order valence-electron chi connectivity index (χ1n) is 15.8. The molecule has 254 valence electrons. The molecule has 0 aliphatic rings. The Bertz CT molecular complexity index is 1980. The number of halogens is 3. The normalized spacial score (nSPS) is 12.2. The number of carbonyl (C=O) groups excluding carboxylic acids is 3. The minimum atomic E-state index is -4.66. The molecule has 1 unspecified atom stereocenters. The van der Waals surface area contributed by atoms with Gasteiger partial charge in [-0.05, 0) is 71.1 Å². The van der Waals surface area contributed by atoms with Gasteiger partial charge in [-0.1, -0.05) is 105 Å². The van der Waals surface area contributed by atoms with Crippen LogP contribution in [0.3, 0.4) is 0 Å². The van der Waals surface area contributed by atoms with E-state index in [0.29, 0.717) is 33.2 Å². The van der Waals surface area contributed by atoms with Gasteiger partial charge in [0.25, 0.3) is 11.8 Å². The summed E-state index contributed by atoms with van der Waals surface area (Å²) in [5.74, 6) is -1.36. The zero-order valence-electron chi connectivity index (χ0n) is 27.2. The number of amides is 3. The summed E-state index contributed by atoms with van der Waals surface area (Å²) in [5.41, 5.74) is 1.89. The van der Waals surface area contributed by atoms with Gasteiger partial charge in [-0.15, -0.1) is 11.8 Å². The number of para-hydroxylation sites is 1. The van der Waals surface area contributed by atoms with Crippen molar-refractivity contribution in [1.82, 2.24) is 5.32 Å². The second kappa shape index (κ2) is 16.2. The van der Waals surface area contributed by atoms with Crippen molar-refractivity contribution in [3.05, 3.63) is 167 Å². The van der Waals surface area contributed by atoms with Crippen molar-refractivity contribution >= 4 is 46.9 Å². The molecule has 6 nitrogen and oxygen atoms in total. The van der Waals surface area contributed by atoms with Crippen LogP contribution < -0.4 is 16.0 Å². The monoisotopic (exact) mass is 693 g/mol. The van der Waals surface area contributed by atoms with Crippen molar-refractivity contribution < 1.29 is 27.6 Å². The first-order valence-corrected chi connectivity index (χ1v) is 16.6. The zero-order chi connectivity index (χ0) is 35.7. The van der Waals surface area contributed by atoms with Crippen molar-refractivity contribution in [3.63, 3.8) is 0 Å². The van der Waals surface area contributed by atoms with Crippen molar-refractivity contribution in [1.29, 1.82) is 0 Å². The van der Waals surface area contributed by atoms with Gasteiger partial charge in [0.15, 0.2) is 0 Å². The lowest BCUT2D eigenvalue weighted by atomic mass is 10.0. The SMILES string of the molecule is CC(C)c1ccc(/C=C(/NC(=O)c2ccccc2)C(=O)Nc2cccc(SC(C(=O)Nc3ccccc3C(F)(F)F)c3ccccc3)c2)cc1. The van der Waals surface area contributed by atoms with Gasteiger partial charge in [-0.25, -0.2) is 0 Å². The maximum Gasteiger partial charge on any atom is 0.418 e. The summed E-state index contributed by atoms with van der Waals surface area (Å²) >= 11 is 1.12. The minimum absolute atomic E-state index is 0.0130. The summed E-state index contributed by atoms with van der Waals surface area (Å²) in [6, 6.07) is 36.4. The van der Waals surface area contributed by atoms with Crippen LogP contribution in [0.15, 0.2) is 144 Å². The highest BCUT2D eigenvalue weighted by molar-refractivity contribution is 8.00. The van der Waals surface area contributed by atoms with Crippen molar-refractivity contribution in [2.75, 3.05) is 10.6 Å². The third-order valence-corrected chi connectivity index (χ3v) is 8.87. The van der Waals surface area contributed by atoms with E-state index in [1.165, 1.54) is 18.2 Å². The number of rotatable bonds is 11. The molecule has 0 heterocycles. The van der Waals surface area contributed by atoms with E-state index < -0.39 is 34.7 Å². The fourth-order valence-corrected chi connectivity index (χ4v) is 6.09. The second-order valence-corrected chi connectivity index (χ2v) is 12.8. The van der Waals surface area contributed by atoms with Gasteiger partial charge in [-0.3, -0.25) is 14.4 Å². The third kappa shape index (κ3) is 9.51. The molecule has 0 aliphatic heterocycles. The quantitative estimate of drug-likeness (QED) is 0.0950. The molecule has 0 fully saturated rings. The number of thioether (sulfide) groups is 1. The van der Waals surface area contributed by atoms with Crippen LogP contribution in [-0.2, 0) is 15.8 Å². The average Bonchev–Trinajstić information content (AvgIpc) is 3.11. The molecule has 0 saturated carbocycles. The first kappa shape index (κ1) is 35.7. The minimum Gasteiger partial charge on any atom is -0.324 e. The van der Waals surface area contributed by atoms with E-state index >= 15 is 0 Å². The van der Waals surface area contributed by atoms with E-state index in [9.17, 15) is 27.6 Å². The van der Waals surface area contributed by atoms with Crippen LogP contribution in [-0.4, -0.2) is 17.7 Å². The van der Waals surface area contributed by atoms with Crippen LogP contribution in [0.5, 0.6) is 0 Å². The zero-order valence-corrected chi connectivity index (χ0v) is 28.0. The van der Waals surface area contributed by atoms with E-state index in [0.717, 1.165) is 23.4 Å². The molecule has 0 aliphatic carbocycles. The van der Waals surface area contributed by atoms with Crippen LogP contribution in [0.4, 0.5) is 24.5 Å². The average molecular weight is 694 g/mol. The van der Waals surface area contributed by atoms with Gasteiger partial charge >= 0.3 is 6.18 Å². The van der Waals surface area contributed by atoms with E-state index in [1.807, 2.05) is 24.3 Å². The van der Waals surface area contributed by atoms with E-state index in [2.05, 4.69) is 29.8 Å². The highest BCUT2D eigenvalue weighted by Gasteiger charge is 2.34. The van der Waals surface area contributed by atoms with Crippen LogP contribution >= 0.6 is 11.8 Å². The maximum atomic E-state index is 13.7. The molecule has 5 aromatic rings. The van der Waals surface area contributed by atoms with Crippen LogP contribution in [0, 0.1) is 0 Å². The highest BCUT2D eigenvalue weighted by Crippen LogP contribution is 2.39. The molecule has 10 heteroatoms. The van der Waals surface area contributed by atoms with Crippen molar-refractivity contribution in [2.24, 2.45) is 0 Å². The number of carbonyl (C=O) groups is 3. The Hall–Kier alpha value is -5.61. The first-order chi connectivity index (χ1) is 24.0. The Morgan fingerprint density at radius 2 is 1.34 bits per heavy atom. The number of benzene rings is 5. The maximum absolute atomic E-state index is 13.7. The largest absolute Gasteiger partial charge is 0.418 e. The van der Waals surface area contributed by atoms with E-state index in [4.69, 9.17) is 0 Å². The molecule has 0 saturated heterocycles. The molecule has 0 radical (unpaired) electrons. The fraction of sp³-hybridized carbons (Fsp3) is 0.125. The van der Waals surface area contributed by atoms with Gasteiger partial charge in [0.2, 0.25) is 5.91 Å². The van der Waals surface area contributed by atoms with Crippen LogP contribution in [0.2, 0.25) is 0 Å². The molecule has 0 aromatic heterocycles. The van der Waals surface area contributed by atoms with E-state index in [1.54, 1.807) is 91.0 Å². The van der Waals surface area contributed by atoms with Gasteiger partial charge < -0.3 is 16.0 Å². The molecule has 0 spiro atoms. The molecule has 50 heavy (non-hydrogen) atoms. The lowest BCUT2D eigenvalue weighted by molar-refractivity contribution is -0.137. The Morgan fingerprint density at radius 3 is 2.00 bits per heavy atom. The Labute approximate surface area is 292 Å². The van der Waals surface area contributed by atoms with Crippen LogP contribution in [0.25, 0.3) is 6.08 Å². The lowest BCUT2D eigenvalue weighted by Crippen LogP contribution is -2.30. The predicted octanol–water partition coefficient (Wildman–Crippen LogP) is 9.71. The molecule has 3 N–H and O–H groups in total. The van der Waals surface area contributed by atoms with Gasteiger partial charge in [0, 0.05) is 16.1 Å². The number of alkyl halides is 3. The van der Waals surface area contributed by atoms with Crippen LogP contribution in [0.1, 0.15) is 57.6 Å². The number of nitrogens with one attached hydrogen (secondary N) is 3. The predicted molar refractivity (Wildman–Crippen MR) is 193 cm³/mol. The summed E-state index contributed by atoms with van der Waals surface area (Å²) in [6.45, 7) is 4.16. The molecular weight excluding hydrogens is 660 g/mol. The second-order valence-electron chi connectivity index (χ2n) is 11.6. The van der Waals surface area contributed by atoms with Crippen molar-refractivity contribution in [2.45, 2.75) is 36.1 Å². The van der Waals surface area contributed by atoms with Gasteiger partial charge in [-0.2, -0.15) is 13.2 Å². The summed E-state index contributed by atoms with van der Waals surface area (Å²) in [4.78, 5) is 40.9. The van der Waals surface area contributed by atoms with E-state index in [-0.39, 0.29) is 11.4 Å². The Morgan fingerprint density at radius 1 is 0.700 bits per heavy atom. The molecule has 3 amide bonds. The van der Waals surface area contributed by atoms with Crippen molar-refractivity contribution in [3.8, 4) is 0 Å². The summed E-state index contributed by atoms with van der Waals surface area (Å²) in [5, 5.41) is 7.10. The molecule has 1 atom stereocenters. The third-order valence-electron chi connectivity index (χ3n) is 7.62. The molecular formula is C40H34F3N3O3S. The highest BCUT2D eigenvalue weighted by atomic mass is 32.2. The summed E-state index contributed by atoms with van der Waals surface area (Å²) in [6.07, 6.45) is -3.06. The summed E-state index contributed by atoms with van der Waals surface area (Å²) in [7, 11) is 0. The number of anilines is 2. The molecule has 0 bridgehead atoms. The topological polar surface area (TPSA) is 87.3 Å². The Balaban J connectivity index is 1.39. The number of hydrogen-bond donors (Lipinski definition) is 3. The van der Waals surface area contributed by atoms with Gasteiger partial charge in [0.1, 0.15) is 10.9 Å². The van der Waals surface area contributed by atoms with Gasteiger partial charge in [0.05, 0.1) is 11.3 Å². The lowest BCUT2D eigenvalue weighted by Gasteiger charge is -2.19. The fourth-order valence-electron chi connectivity index (χ4n) is 5.01. The summed E-state index contributed by atoms with van der Waals surface area (Å²) < 4.78 is 41.0. The number of hydrogen-bond acceptors (Lipinski definition) is 4. The molecule has 5 rings (SSSR count). The standard InChI is InChI=1S/C40H34F3N3O3S/c1-26(2)28-22-20-27(21-23-28)24-35(46-37(47)30-14-7-4-8-15-30)38(48)44-31-16-11-17-32(25-31)50-36(29-12-5-3-6-13-29)39(49)45-34-19-10-9-18-33(34)40(41,42)43/h3-26,36H,1-2H3,(H,44,48)(H,45,49)(H,46,47)/b35-24+. The molecule has 5 aromatic carbocycles.